The number of aromatic nitrogens is 3. The van der Waals surface area contributed by atoms with E-state index in [9.17, 15) is 14.7 Å². The molecule has 8 nitrogen and oxygen atoms in total. The molecule has 1 aliphatic carbocycles. The van der Waals surface area contributed by atoms with Gasteiger partial charge in [-0.15, -0.1) is 5.10 Å². The molecule has 1 aromatic heterocycles. The smallest absolute Gasteiger partial charge is 0.248 e. The predicted octanol–water partition coefficient (Wildman–Crippen LogP) is 1.23. The quantitative estimate of drug-likeness (QED) is 0.804. The van der Waals surface area contributed by atoms with Crippen molar-refractivity contribution in [1.29, 1.82) is 0 Å². The van der Waals surface area contributed by atoms with Gasteiger partial charge in [-0.05, 0) is 32.1 Å². The molecule has 1 aromatic rings. The number of nitrogens with zero attached hydrogens (tertiary/aromatic N) is 4. The Kier molecular flexibility index (Phi) is 5.29. The number of hydrogen-bond acceptors (Lipinski definition) is 5. The molecule has 0 radical (unpaired) electrons. The lowest BCUT2D eigenvalue weighted by Crippen LogP contribution is -2.51. The lowest BCUT2D eigenvalue weighted by atomic mass is 9.85. The van der Waals surface area contributed by atoms with Crippen LogP contribution in [0.3, 0.4) is 0 Å². The van der Waals surface area contributed by atoms with Crippen LogP contribution in [-0.2, 0) is 9.59 Å². The minimum Gasteiger partial charge on any atom is -0.391 e. The second-order valence-electron chi connectivity index (χ2n) is 9.23. The molecule has 2 N–H and O–H groups in total. The molecule has 2 amide bonds. The van der Waals surface area contributed by atoms with E-state index in [1.165, 1.54) is 4.90 Å². The van der Waals surface area contributed by atoms with Crippen molar-refractivity contribution in [2.75, 3.05) is 6.54 Å². The second kappa shape index (κ2) is 7.22. The summed E-state index contributed by atoms with van der Waals surface area (Å²) in [5.41, 5.74) is 0.505. The molecule has 1 aliphatic heterocycles. The molecule has 0 bridgehead atoms. The van der Waals surface area contributed by atoms with E-state index in [1.807, 2.05) is 40.8 Å². The van der Waals surface area contributed by atoms with Gasteiger partial charge in [0.25, 0.3) is 0 Å². The normalized spacial score (nSPS) is 24.3. The van der Waals surface area contributed by atoms with Crippen LogP contribution in [0.5, 0.6) is 0 Å². The Bertz CT molecular complexity index is 704. The highest BCUT2D eigenvalue weighted by Crippen LogP contribution is 2.40. The number of β-amino-alcohol motifs (C(OH)–C–C–N with tert-alkyl or cyclic N) is 1. The van der Waals surface area contributed by atoms with Crippen LogP contribution < -0.4 is 5.32 Å². The van der Waals surface area contributed by atoms with Gasteiger partial charge in [0.05, 0.1) is 11.8 Å². The molecule has 3 atom stereocenters. The highest BCUT2D eigenvalue weighted by Gasteiger charge is 2.45. The van der Waals surface area contributed by atoms with Crippen LogP contribution in [0.15, 0.2) is 6.20 Å². The van der Waals surface area contributed by atoms with Crippen LogP contribution in [0.1, 0.15) is 71.5 Å². The molecule has 2 heterocycles. The maximum Gasteiger partial charge on any atom is 0.248 e. The van der Waals surface area contributed by atoms with Gasteiger partial charge < -0.3 is 15.3 Å². The standard InChI is InChI=1S/C19H31N5O3/c1-11(2)20-17(26)15-8-13(25)9-23(15)18(27)16(19(3,4)5)24-10-14(21-22-24)12-6-7-12/h10-13,15-16,25H,6-9H2,1-5H3,(H,20,26)/t13-,15+,16?/m1/s1. The molecule has 150 valence electrons. The summed E-state index contributed by atoms with van der Waals surface area (Å²) in [6, 6.07) is -1.27. The van der Waals surface area contributed by atoms with Crippen LogP contribution in [0.4, 0.5) is 0 Å². The largest absolute Gasteiger partial charge is 0.391 e. The molecule has 3 rings (SSSR count). The van der Waals surface area contributed by atoms with Gasteiger partial charge >= 0.3 is 0 Å². The highest BCUT2D eigenvalue weighted by molar-refractivity contribution is 5.90. The zero-order valence-corrected chi connectivity index (χ0v) is 16.8. The van der Waals surface area contributed by atoms with Crippen molar-refractivity contribution in [2.24, 2.45) is 5.41 Å². The molecule has 2 fully saturated rings. The fourth-order valence-electron chi connectivity index (χ4n) is 3.71. The minimum absolute atomic E-state index is 0.0259. The van der Waals surface area contributed by atoms with E-state index in [2.05, 4.69) is 15.6 Å². The van der Waals surface area contributed by atoms with Gasteiger partial charge in [0, 0.05) is 31.1 Å². The number of aliphatic hydroxyl groups is 1. The van der Waals surface area contributed by atoms with Gasteiger partial charge in [0.1, 0.15) is 12.1 Å². The fourth-order valence-corrected chi connectivity index (χ4v) is 3.71. The summed E-state index contributed by atoms with van der Waals surface area (Å²) in [5, 5.41) is 21.5. The van der Waals surface area contributed by atoms with Crippen molar-refractivity contribution >= 4 is 11.8 Å². The third kappa shape index (κ3) is 4.31. The average molecular weight is 377 g/mol. The summed E-state index contributed by atoms with van der Waals surface area (Å²) in [5.74, 6) is 0.0302. The van der Waals surface area contributed by atoms with Gasteiger partial charge in [-0.25, -0.2) is 4.68 Å². The summed E-state index contributed by atoms with van der Waals surface area (Å²) in [7, 11) is 0. The summed E-state index contributed by atoms with van der Waals surface area (Å²) in [4.78, 5) is 27.6. The first-order chi connectivity index (χ1) is 12.6. The van der Waals surface area contributed by atoms with E-state index in [1.54, 1.807) is 4.68 Å². The molecule has 8 heteroatoms. The molecule has 1 saturated carbocycles. The van der Waals surface area contributed by atoms with Crippen molar-refractivity contribution in [1.82, 2.24) is 25.2 Å². The molecule has 2 aliphatic rings. The Morgan fingerprint density at radius 1 is 1.30 bits per heavy atom. The Labute approximate surface area is 160 Å². The maximum atomic E-state index is 13.5. The van der Waals surface area contributed by atoms with E-state index >= 15 is 0 Å². The number of nitrogens with one attached hydrogen (secondary N) is 1. The minimum atomic E-state index is -0.699. The van der Waals surface area contributed by atoms with Gasteiger partial charge in [-0.2, -0.15) is 0 Å². The first-order valence-corrected chi connectivity index (χ1v) is 9.78. The Hall–Kier alpha value is -1.96. The van der Waals surface area contributed by atoms with Gasteiger partial charge in [0.15, 0.2) is 0 Å². The summed E-state index contributed by atoms with van der Waals surface area (Å²) >= 11 is 0. The number of hydrogen-bond donors (Lipinski definition) is 2. The molecular weight excluding hydrogens is 346 g/mol. The zero-order chi connectivity index (χ0) is 19.9. The van der Waals surface area contributed by atoms with Crippen LogP contribution >= 0.6 is 0 Å². The number of carbonyl (C=O) groups is 2. The van der Waals surface area contributed by atoms with E-state index in [-0.39, 0.29) is 30.8 Å². The van der Waals surface area contributed by atoms with Gasteiger partial charge in [-0.1, -0.05) is 26.0 Å². The predicted molar refractivity (Wildman–Crippen MR) is 99.9 cm³/mol. The van der Waals surface area contributed by atoms with Crippen molar-refractivity contribution in [2.45, 2.75) is 84.0 Å². The monoisotopic (exact) mass is 377 g/mol. The Morgan fingerprint density at radius 2 is 1.96 bits per heavy atom. The average Bonchev–Trinajstić information content (AvgIpc) is 3.14. The third-order valence-corrected chi connectivity index (χ3v) is 5.14. The highest BCUT2D eigenvalue weighted by atomic mass is 16.3. The Balaban J connectivity index is 1.86. The fraction of sp³-hybridized carbons (Fsp3) is 0.789. The van der Waals surface area contributed by atoms with Gasteiger partial charge in [-0.3, -0.25) is 9.59 Å². The van der Waals surface area contributed by atoms with E-state index in [4.69, 9.17) is 0 Å². The van der Waals surface area contributed by atoms with E-state index < -0.39 is 23.6 Å². The van der Waals surface area contributed by atoms with Gasteiger partial charge in [0.2, 0.25) is 11.8 Å². The Morgan fingerprint density at radius 3 is 2.52 bits per heavy atom. The van der Waals surface area contributed by atoms with Crippen molar-refractivity contribution in [3.05, 3.63) is 11.9 Å². The summed E-state index contributed by atoms with van der Waals surface area (Å²) < 4.78 is 1.64. The molecule has 0 spiro atoms. The van der Waals surface area contributed by atoms with Crippen LogP contribution in [0.2, 0.25) is 0 Å². The topological polar surface area (TPSA) is 100 Å². The number of aliphatic hydroxyl groups excluding tert-OH is 1. The van der Waals surface area contributed by atoms with E-state index in [0.717, 1.165) is 18.5 Å². The summed E-state index contributed by atoms with van der Waals surface area (Å²) in [6.07, 6.45) is 3.65. The second-order valence-corrected chi connectivity index (χ2v) is 9.23. The van der Waals surface area contributed by atoms with Crippen LogP contribution in [-0.4, -0.2) is 61.5 Å². The number of carbonyl (C=O) groups excluding carboxylic acids is 2. The number of rotatable bonds is 5. The lowest BCUT2D eigenvalue weighted by molar-refractivity contribution is -0.144. The summed E-state index contributed by atoms with van der Waals surface area (Å²) in [6.45, 7) is 9.84. The molecule has 0 aromatic carbocycles. The zero-order valence-electron chi connectivity index (χ0n) is 16.8. The molecule has 27 heavy (non-hydrogen) atoms. The number of amides is 2. The molecule has 1 unspecified atom stereocenters. The first-order valence-electron chi connectivity index (χ1n) is 9.78. The maximum absolute atomic E-state index is 13.5. The molecular formula is C19H31N5O3. The van der Waals surface area contributed by atoms with Crippen molar-refractivity contribution in [3.8, 4) is 0 Å². The van der Waals surface area contributed by atoms with Crippen LogP contribution in [0, 0.1) is 5.41 Å². The SMILES string of the molecule is CC(C)NC(=O)[C@@H]1C[C@@H](O)CN1C(=O)C(n1cc(C2CC2)nn1)C(C)(C)C. The van der Waals surface area contributed by atoms with E-state index in [0.29, 0.717) is 5.92 Å². The van der Waals surface area contributed by atoms with Crippen molar-refractivity contribution < 1.29 is 14.7 Å². The van der Waals surface area contributed by atoms with Crippen LogP contribution in [0.25, 0.3) is 0 Å². The lowest BCUT2D eigenvalue weighted by Gasteiger charge is -2.34. The first kappa shape index (κ1) is 19.8. The number of likely N-dealkylation sites (tertiary alicyclic amines) is 1. The molecule has 1 saturated heterocycles. The van der Waals surface area contributed by atoms with Crippen molar-refractivity contribution in [3.63, 3.8) is 0 Å². The third-order valence-electron chi connectivity index (χ3n) is 5.14.